The maximum atomic E-state index is 14.2. The third kappa shape index (κ3) is 5.30. The summed E-state index contributed by atoms with van der Waals surface area (Å²) in [5.74, 6) is -0.486. The summed E-state index contributed by atoms with van der Waals surface area (Å²) >= 11 is 0. The van der Waals surface area contributed by atoms with Gasteiger partial charge in [-0.1, -0.05) is 60.7 Å². The number of fused-ring (bicyclic) bond motifs is 1. The number of ether oxygens (including phenoxy) is 1. The number of piperidine rings is 1. The van der Waals surface area contributed by atoms with Gasteiger partial charge in [0.25, 0.3) is 5.91 Å². The van der Waals surface area contributed by atoms with Crippen LogP contribution in [0.5, 0.6) is 0 Å². The zero-order valence-electron chi connectivity index (χ0n) is 21.2. The van der Waals surface area contributed by atoms with Crippen molar-refractivity contribution in [2.75, 3.05) is 33.4 Å². The summed E-state index contributed by atoms with van der Waals surface area (Å²) in [5.41, 5.74) is 3.37. The smallest absolute Gasteiger partial charge is 0.254 e. The first-order valence-corrected chi connectivity index (χ1v) is 13.0. The van der Waals surface area contributed by atoms with Crippen LogP contribution in [0.3, 0.4) is 0 Å². The maximum absolute atomic E-state index is 14.2. The molecule has 2 aliphatic heterocycles. The molecular formula is C31H33FN2O3. The number of hydrogen-bond donors (Lipinski definition) is 0. The number of hydrogen-bond acceptors (Lipinski definition) is 3. The van der Waals surface area contributed by atoms with E-state index >= 15 is 0 Å². The van der Waals surface area contributed by atoms with Gasteiger partial charge in [0.1, 0.15) is 5.82 Å². The molecule has 2 heterocycles. The topological polar surface area (TPSA) is 49.9 Å². The molecule has 0 saturated carbocycles. The van der Waals surface area contributed by atoms with E-state index in [4.69, 9.17) is 4.74 Å². The molecule has 0 aliphatic carbocycles. The summed E-state index contributed by atoms with van der Waals surface area (Å²) in [4.78, 5) is 31.5. The Balaban J connectivity index is 1.45. The molecule has 1 saturated heterocycles. The van der Waals surface area contributed by atoms with Crippen LogP contribution >= 0.6 is 0 Å². The lowest BCUT2D eigenvalue weighted by molar-refractivity contribution is -0.136. The van der Waals surface area contributed by atoms with Crippen LogP contribution in [0.1, 0.15) is 51.8 Å². The molecule has 2 amide bonds. The minimum atomic E-state index is -0.568. The number of carbonyl (C=O) groups excluding carboxylic acids is 2. The Kier molecular flexibility index (Phi) is 7.65. The Labute approximate surface area is 217 Å². The number of benzene rings is 3. The highest BCUT2D eigenvalue weighted by Crippen LogP contribution is 2.44. The van der Waals surface area contributed by atoms with Gasteiger partial charge in [-0.15, -0.1) is 0 Å². The van der Waals surface area contributed by atoms with Gasteiger partial charge < -0.3 is 14.5 Å². The predicted molar refractivity (Wildman–Crippen MR) is 141 cm³/mol. The number of carbonyl (C=O) groups is 2. The van der Waals surface area contributed by atoms with Gasteiger partial charge in [-0.25, -0.2) is 4.39 Å². The van der Waals surface area contributed by atoms with Crippen molar-refractivity contribution in [3.8, 4) is 0 Å². The van der Waals surface area contributed by atoms with E-state index in [1.165, 1.54) is 17.7 Å². The van der Waals surface area contributed by atoms with Gasteiger partial charge in [-0.3, -0.25) is 9.59 Å². The summed E-state index contributed by atoms with van der Waals surface area (Å²) in [6.07, 6.45) is 2.91. The highest BCUT2D eigenvalue weighted by molar-refractivity contribution is 6.01. The molecule has 3 aromatic carbocycles. The normalized spacial score (nSPS) is 20.1. The Bertz CT molecular complexity index is 1220. The quantitative estimate of drug-likeness (QED) is 0.446. The molecule has 0 radical (unpaired) electrons. The van der Waals surface area contributed by atoms with Crippen LogP contribution in [0.4, 0.5) is 4.39 Å². The Morgan fingerprint density at radius 3 is 2.32 bits per heavy atom. The van der Waals surface area contributed by atoms with Crippen LogP contribution in [-0.4, -0.2) is 55.0 Å². The van der Waals surface area contributed by atoms with Gasteiger partial charge in [0, 0.05) is 32.3 Å². The molecule has 1 fully saturated rings. The molecule has 2 unspecified atom stereocenters. The lowest BCUT2D eigenvalue weighted by Gasteiger charge is -2.44. The first-order valence-electron chi connectivity index (χ1n) is 13.0. The predicted octanol–water partition coefficient (Wildman–Crippen LogP) is 5.23. The second-order valence-electron chi connectivity index (χ2n) is 10.0. The van der Waals surface area contributed by atoms with Gasteiger partial charge >= 0.3 is 0 Å². The van der Waals surface area contributed by atoms with E-state index in [2.05, 4.69) is 24.3 Å². The van der Waals surface area contributed by atoms with E-state index in [0.29, 0.717) is 37.7 Å². The van der Waals surface area contributed by atoms with Crippen LogP contribution in [0.25, 0.3) is 0 Å². The molecule has 5 rings (SSSR count). The fourth-order valence-corrected chi connectivity index (χ4v) is 5.83. The fraction of sp³-hybridized carbons (Fsp3) is 0.355. The van der Waals surface area contributed by atoms with E-state index in [0.717, 1.165) is 30.4 Å². The lowest BCUT2D eigenvalue weighted by atomic mass is 9.78. The third-order valence-electron chi connectivity index (χ3n) is 7.75. The molecule has 0 bridgehead atoms. The number of halogens is 1. The fourth-order valence-electron chi connectivity index (χ4n) is 5.83. The second kappa shape index (κ2) is 11.3. The Hall–Kier alpha value is -3.51. The first kappa shape index (κ1) is 25.2. The Morgan fingerprint density at radius 2 is 1.62 bits per heavy atom. The number of likely N-dealkylation sites (tertiary alicyclic amines) is 1. The number of nitrogens with zero attached hydrogens (tertiary/aromatic N) is 2. The van der Waals surface area contributed by atoms with Crippen molar-refractivity contribution < 1.29 is 18.7 Å². The average molecular weight is 501 g/mol. The minimum Gasteiger partial charge on any atom is -0.383 e. The van der Waals surface area contributed by atoms with E-state index in [1.807, 2.05) is 29.2 Å². The summed E-state index contributed by atoms with van der Waals surface area (Å²) in [7, 11) is 1.59. The minimum absolute atomic E-state index is 0.0230. The monoisotopic (exact) mass is 500 g/mol. The van der Waals surface area contributed by atoms with Crippen molar-refractivity contribution in [1.82, 2.24) is 9.80 Å². The van der Waals surface area contributed by atoms with Crippen molar-refractivity contribution in [3.05, 3.63) is 107 Å². The van der Waals surface area contributed by atoms with Crippen LogP contribution < -0.4 is 0 Å². The summed E-state index contributed by atoms with van der Waals surface area (Å²) < 4.78 is 19.1. The van der Waals surface area contributed by atoms with E-state index in [9.17, 15) is 14.0 Å². The zero-order valence-corrected chi connectivity index (χ0v) is 21.2. The molecule has 2 atom stereocenters. The molecule has 5 nitrogen and oxygen atoms in total. The molecule has 37 heavy (non-hydrogen) atoms. The van der Waals surface area contributed by atoms with Crippen LogP contribution in [0, 0.1) is 11.7 Å². The molecule has 2 aliphatic rings. The molecule has 3 aromatic rings. The Morgan fingerprint density at radius 1 is 0.946 bits per heavy atom. The molecular weight excluding hydrogens is 467 g/mol. The molecule has 0 N–H and O–H groups in total. The number of methoxy groups -OCH3 is 1. The van der Waals surface area contributed by atoms with Crippen molar-refractivity contribution in [2.45, 2.75) is 31.2 Å². The van der Waals surface area contributed by atoms with Crippen LogP contribution in [0.2, 0.25) is 0 Å². The highest BCUT2D eigenvalue weighted by atomic mass is 19.1. The van der Waals surface area contributed by atoms with Crippen molar-refractivity contribution in [3.63, 3.8) is 0 Å². The van der Waals surface area contributed by atoms with Crippen LogP contribution in [0.15, 0.2) is 78.9 Å². The third-order valence-corrected chi connectivity index (χ3v) is 7.75. The molecule has 0 spiro atoms. The average Bonchev–Trinajstić information content (AvgIpc) is 2.93. The number of amides is 2. The van der Waals surface area contributed by atoms with Crippen molar-refractivity contribution in [2.24, 2.45) is 5.92 Å². The number of rotatable bonds is 7. The van der Waals surface area contributed by atoms with Gasteiger partial charge in [0.15, 0.2) is 0 Å². The summed E-state index contributed by atoms with van der Waals surface area (Å²) in [5, 5.41) is 0. The summed E-state index contributed by atoms with van der Waals surface area (Å²) in [6.45, 7) is 2.07. The first-order chi connectivity index (χ1) is 18.1. The highest BCUT2D eigenvalue weighted by Gasteiger charge is 2.45. The van der Waals surface area contributed by atoms with E-state index < -0.39 is 12.0 Å². The van der Waals surface area contributed by atoms with Gasteiger partial charge in [0.05, 0.1) is 18.6 Å². The standard InChI is InChI=1S/C31H33FN2O3/c1-37-20-19-34-29(24-11-13-25(32)14-12-24)28(26-9-5-6-10-27(26)30(34)35)31(36)33-17-15-23(16-18-33)21-22-7-3-2-4-8-22/h2-14,23,28-29H,15-21H2,1H3. The van der Waals surface area contributed by atoms with Crippen molar-refractivity contribution in [1.29, 1.82) is 0 Å². The van der Waals surface area contributed by atoms with E-state index in [1.54, 1.807) is 30.2 Å². The molecule has 192 valence electrons. The SMILES string of the molecule is COCCN1C(=O)c2ccccc2C(C(=O)N2CCC(Cc3ccccc3)CC2)C1c1ccc(F)cc1. The largest absolute Gasteiger partial charge is 0.383 e. The van der Waals surface area contributed by atoms with Crippen molar-refractivity contribution >= 4 is 11.8 Å². The van der Waals surface area contributed by atoms with Gasteiger partial charge in [-0.05, 0) is 60.1 Å². The maximum Gasteiger partial charge on any atom is 0.254 e. The zero-order chi connectivity index (χ0) is 25.8. The van der Waals surface area contributed by atoms with Gasteiger partial charge in [0.2, 0.25) is 5.91 Å². The van der Waals surface area contributed by atoms with E-state index in [-0.39, 0.29) is 17.6 Å². The molecule has 0 aromatic heterocycles. The van der Waals surface area contributed by atoms with Gasteiger partial charge in [-0.2, -0.15) is 0 Å². The molecule has 6 heteroatoms. The summed E-state index contributed by atoms with van der Waals surface area (Å²) in [6, 6.07) is 23.5. The lowest BCUT2D eigenvalue weighted by Crippen LogP contribution is -2.50. The second-order valence-corrected chi connectivity index (χ2v) is 10.0. The van der Waals surface area contributed by atoms with Crippen LogP contribution in [-0.2, 0) is 16.0 Å².